The van der Waals surface area contributed by atoms with E-state index in [1.807, 2.05) is 0 Å². The van der Waals surface area contributed by atoms with Crippen molar-refractivity contribution in [3.63, 3.8) is 0 Å². The van der Waals surface area contributed by atoms with E-state index in [0.29, 0.717) is 11.2 Å². The lowest BCUT2D eigenvalue weighted by Crippen LogP contribution is -2.43. The zero-order valence-corrected chi connectivity index (χ0v) is 9.95. The summed E-state index contributed by atoms with van der Waals surface area (Å²) in [6.45, 7) is 1.92. The van der Waals surface area contributed by atoms with Crippen LogP contribution in [0.3, 0.4) is 0 Å². The van der Waals surface area contributed by atoms with E-state index in [1.54, 1.807) is 0 Å². The molecule has 3 heterocycles. The smallest absolute Gasteiger partial charge is 0.219 e. The lowest BCUT2D eigenvalue weighted by Gasteiger charge is -2.39. The van der Waals surface area contributed by atoms with Gasteiger partial charge in [0.05, 0.1) is 5.69 Å². The predicted molar refractivity (Wildman–Crippen MR) is 62.7 cm³/mol. The summed E-state index contributed by atoms with van der Waals surface area (Å²) in [7, 11) is 0. The number of hydrogen-bond donors (Lipinski definition) is 2. The number of aromatic nitrogens is 2. The van der Waals surface area contributed by atoms with E-state index in [0.717, 1.165) is 30.8 Å². The van der Waals surface area contributed by atoms with E-state index < -0.39 is 0 Å². The van der Waals surface area contributed by atoms with Crippen LogP contribution in [0.4, 0.5) is 0 Å². The van der Waals surface area contributed by atoms with E-state index in [9.17, 15) is 5.11 Å². The van der Waals surface area contributed by atoms with Crippen molar-refractivity contribution in [2.75, 3.05) is 6.54 Å². The summed E-state index contributed by atoms with van der Waals surface area (Å²) >= 11 is 4.11. The molecule has 16 heavy (non-hydrogen) atoms. The van der Waals surface area contributed by atoms with Gasteiger partial charge in [-0.25, -0.2) is 4.98 Å². The van der Waals surface area contributed by atoms with Crippen LogP contribution in [-0.2, 0) is 13.0 Å². The molecule has 0 bridgehead atoms. The van der Waals surface area contributed by atoms with Crippen LogP contribution < -0.4 is 0 Å². The van der Waals surface area contributed by atoms with Crippen molar-refractivity contribution >= 4 is 12.6 Å². The molecule has 1 aromatic rings. The van der Waals surface area contributed by atoms with E-state index in [4.69, 9.17) is 0 Å². The van der Waals surface area contributed by atoms with Gasteiger partial charge in [-0.3, -0.25) is 4.90 Å². The Morgan fingerprint density at radius 2 is 2.19 bits per heavy atom. The maximum absolute atomic E-state index is 9.80. The van der Waals surface area contributed by atoms with Crippen LogP contribution in [0.2, 0.25) is 0 Å². The first-order valence-electron chi connectivity index (χ1n) is 5.76. The Hall–Kier alpha value is -0.810. The summed E-state index contributed by atoms with van der Waals surface area (Å²) in [5.41, 5.74) is 1.89. The molecule has 0 saturated carbocycles. The number of nitrogens with zero attached hydrogens (tertiary/aromatic N) is 3. The first-order valence-corrected chi connectivity index (χ1v) is 6.20. The molecule has 5 heteroatoms. The van der Waals surface area contributed by atoms with Crippen LogP contribution in [0.25, 0.3) is 0 Å². The number of piperidine rings is 1. The van der Waals surface area contributed by atoms with Crippen LogP contribution in [0.15, 0.2) is 5.16 Å². The van der Waals surface area contributed by atoms with Crippen molar-refractivity contribution in [1.82, 2.24) is 14.9 Å². The molecule has 0 radical (unpaired) electrons. The van der Waals surface area contributed by atoms with Crippen molar-refractivity contribution in [3.8, 4) is 5.88 Å². The summed E-state index contributed by atoms with van der Waals surface area (Å²) in [5.74, 6) is 0.110. The van der Waals surface area contributed by atoms with Gasteiger partial charge >= 0.3 is 0 Å². The molecule has 1 atom stereocenters. The molecule has 0 spiro atoms. The number of rotatable bonds is 0. The van der Waals surface area contributed by atoms with Gasteiger partial charge in [0, 0.05) is 24.6 Å². The summed E-state index contributed by atoms with van der Waals surface area (Å²) < 4.78 is 0. The van der Waals surface area contributed by atoms with Gasteiger partial charge < -0.3 is 5.11 Å². The summed E-state index contributed by atoms with van der Waals surface area (Å²) in [5, 5.41) is 10.2. The Kier molecular flexibility index (Phi) is 2.52. The highest BCUT2D eigenvalue weighted by Gasteiger charge is 2.31. The fraction of sp³-hybridized carbons (Fsp3) is 0.636. The van der Waals surface area contributed by atoms with E-state index in [1.165, 1.54) is 19.3 Å². The predicted octanol–water partition coefficient (Wildman–Crippen LogP) is 1.38. The minimum absolute atomic E-state index is 0.110. The monoisotopic (exact) mass is 237 g/mol. The summed E-state index contributed by atoms with van der Waals surface area (Å²) in [6.07, 6.45) is 4.74. The number of hydrogen-bond acceptors (Lipinski definition) is 5. The van der Waals surface area contributed by atoms with Gasteiger partial charge in [0.15, 0.2) is 5.16 Å². The zero-order valence-electron chi connectivity index (χ0n) is 9.06. The normalized spacial score (nSPS) is 24.9. The van der Waals surface area contributed by atoms with Crippen molar-refractivity contribution in [2.45, 2.75) is 43.4 Å². The van der Waals surface area contributed by atoms with E-state index in [2.05, 4.69) is 27.5 Å². The van der Waals surface area contributed by atoms with E-state index in [-0.39, 0.29) is 5.88 Å². The first kappa shape index (κ1) is 10.4. The number of aromatic hydroxyl groups is 1. The first-order chi connectivity index (χ1) is 7.74. The highest BCUT2D eigenvalue weighted by molar-refractivity contribution is 7.80. The van der Waals surface area contributed by atoms with Crippen LogP contribution in [0.1, 0.15) is 30.5 Å². The molecule has 1 unspecified atom stereocenters. The molecule has 1 N–H and O–H groups in total. The van der Waals surface area contributed by atoms with Gasteiger partial charge in [-0.05, 0) is 19.4 Å². The number of fused-ring (bicyclic) bond motifs is 2. The van der Waals surface area contributed by atoms with Crippen molar-refractivity contribution in [3.05, 3.63) is 11.3 Å². The lowest BCUT2D eigenvalue weighted by molar-refractivity contribution is 0.123. The third kappa shape index (κ3) is 1.68. The summed E-state index contributed by atoms with van der Waals surface area (Å²) in [6, 6.07) is 0.600. The second-order valence-electron chi connectivity index (χ2n) is 4.60. The molecule has 1 fully saturated rings. The van der Waals surface area contributed by atoms with Crippen molar-refractivity contribution in [2.24, 2.45) is 0 Å². The lowest BCUT2D eigenvalue weighted by atomic mass is 9.92. The highest BCUT2D eigenvalue weighted by Crippen LogP contribution is 2.32. The van der Waals surface area contributed by atoms with Gasteiger partial charge in [-0.1, -0.05) is 6.42 Å². The molecule has 2 aliphatic rings. The van der Waals surface area contributed by atoms with E-state index >= 15 is 0 Å². The van der Waals surface area contributed by atoms with Crippen molar-refractivity contribution in [1.29, 1.82) is 0 Å². The molecular formula is C11H15N3OS. The van der Waals surface area contributed by atoms with Gasteiger partial charge in [0.25, 0.3) is 0 Å². The topological polar surface area (TPSA) is 49.3 Å². The largest absolute Gasteiger partial charge is 0.493 e. The van der Waals surface area contributed by atoms with Gasteiger partial charge in [0.2, 0.25) is 5.88 Å². The molecule has 86 valence electrons. The fourth-order valence-corrected chi connectivity index (χ4v) is 2.98. The maximum atomic E-state index is 9.80. The molecule has 4 nitrogen and oxygen atoms in total. The third-order valence-electron chi connectivity index (χ3n) is 3.60. The van der Waals surface area contributed by atoms with Crippen LogP contribution in [0, 0.1) is 0 Å². The SMILES string of the molecule is Oc1nc(S)nc2c1CN1CCCCC1C2. The molecule has 0 aromatic carbocycles. The average molecular weight is 237 g/mol. The summed E-state index contributed by atoms with van der Waals surface area (Å²) in [4.78, 5) is 10.7. The van der Waals surface area contributed by atoms with Gasteiger partial charge in [-0.15, -0.1) is 12.6 Å². The highest BCUT2D eigenvalue weighted by atomic mass is 32.1. The molecular weight excluding hydrogens is 222 g/mol. The molecule has 2 aliphatic heterocycles. The quantitative estimate of drug-likeness (QED) is 0.529. The zero-order chi connectivity index (χ0) is 11.1. The Balaban J connectivity index is 1.98. The molecule has 1 saturated heterocycles. The van der Waals surface area contributed by atoms with Gasteiger partial charge in [0.1, 0.15) is 0 Å². The average Bonchev–Trinajstić information content (AvgIpc) is 2.27. The number of thiol groups is 1. The molecule has 0 amide bonds. The van der Waals surface area contributed by atoms with Crippen LogP contribution in [0.5, 0.6) is 5.88 Å². The fourth-order valence-electron chi connectivity index (χ4n) is 2.76. The Morgan fingerprint density at radius 3 is 3.06 bits per heavy atom. The molecule has 3 rings (SSSR count). The second-order valence-corrected chi connectivity index (χ2v) is 5.00. The standard InChI is InChI=1S/C11H15N3OS/c15-10-8-6-14-4-2-1-3-7(14)5-9(8)12-11(16)13-10/h7H,1-6H2,(H2,12,13,15,16). The van der Waals surface area contributed by atoms with Crippen LogP contribution in [-0.4, -0.2) is 32.6 Å². The third-order valence-corrected chi connectivity index (χ3v) is 3.80. The molecule has 1 aromatic heterocycles. The van der Waals surface area contributed by atoms with Gasteiger partial charge in [-0.2, -0.15) is 4.98 Å². The Bertz CT molecular complexity index is 424. The molecule has 0 aliphatic carbocycles. The second kappa shape index (κ2) is 3.89. The Morgan fingerprint density at radius 1 is 1.31 bits per heavy atom. The van der Waals surface area contributed by atoms with Crippen LogP contribution >= 0.6 is 12.6 Å². The van der Waals surface area contributed by atoms with Crippen molar-refractivity contribution < 1.29 is 5.11 Å². The minimum atomic E-state index is 0.110. The Labute approximate surface area is 100 Å². The minimum Gasteiger partial charge on any atom is -0.493 e. The maximum Gasteiger partial charge on any atom is 0.219 e.